The smallest absolute Gasteiger partial charge is 0.0211 e. The second-order valence-corrected chi connectivity index (χ2v) is 3.50. The molecule has 0 unspecified atom stereocenters. The normalized spacial score (nSPS) is 13.4. The lowest BCUT2D eigenvalue weighted by atomic mass is 9.98. The molecule has 0 saturated carbocycles. The van der Waals surface area contributed by atoms with Crippen LogP contribution in [-0.4, -0.2) is 0 Å². The highest BCUT2D eigenvalue weighted by molar-refractivity contribution is 5.08. The summed E-state index contributed by atoms with van der Waals surface area (Å²) in [5.41, 5.74) is 1.57. The molecule has 0 radical (unpaired) electrons. The molecule has 0 amide bonds. The molecule has 0 saturated heterocycles. The van der Waals surface area contributed by atoms with E-state index < -0.39 is 0 Å². The van der Waals surface area contributed by atoms with Crippen molar-refractivity contribution < 1.29 is 0 Å². The van der Waals surface area contributed by atoms with Crippen LogP contribution in [0.4, 0.5) is 0 Å². The average molecular weight is 178 g/mol. The van der Waals surface area contributed by atoms with Crippen molar-refractivity contribution in [3.63, 3.8) is 0 Å². The summed E-state index contributed by atoms with van der Waals surface area (Å²) in [6, 6.07) is 0. The zero-order valence-corrected chi connectivity index (χ0v) is 9.48. The fourth-order valence-electron chi connectivity index (χ4n) is 1.41. The van der Waals surface area contributed by atoms with Gasteiger partial charge in [-0.1, -0.05) is 38.8 Å². The van der Waals surface area contributed by atoms with Crippen LogP contribution in [0.25, 0.3) is 0 Å². The van der Waals surface area contributed by atoms with E-state index in [2.05, 4.69) is 38.7 Å². The molecule has 0 fully saturated rings. The summed E-state index contributed by atoms with van der Waals surface area (Å²) >= 11 is 0. The van der Waals surface area contributed by atoms with Crippen molar-refractivity contribution in [3.8, 4) is 11.8 Å². The number of hydrogen-bond acceptors (Lipinski definition) is 0. The number of rotatable bonds is 5. The van der Waals surface area contributed by atoms with Crippen LogP contribution in [0.1, 0.15) is 53.4 Å². The highest BCUT2D eigenvalue weighted by Crippen LogP contribution is 2.15. The van der Waals surface area contributed by atoms with E-state index in [1.54, 1.807) is 5.57 Å². The summed E-state index contributed by atoms with van der Waals surface area (Å²) < 4.78 is 0. The minimum Gasteiger partial charge on any atom is -0.106 e. The molecule has 0 bridgehead atoms. The van der Waals surface area contributed by atoms with E-state index in [9.17, 15) is 0 Å². The van der Waals surface area contributed by atoms with Crippen molar-refractivity contribution in [2.24, 2.45) is 5.92 Å². The lowest BCUT2D eigenvalue weighted by Crippen LogP contribution is -1.93. The first-order valence-electron chi connectivity index (χ1n) is 5.34. The van der Waals surface area contributed by atoms with Gasteiger partial charge < -0.3 is 0 Å². The monoisotopic (exact) mass is 178 g/mol. The molecule has 13 heavy (non-hydrogen) atoms. The molecule has 0 aromatic carbocycles. The van der Waals surface area contributed by atoms with Crippen molar-refractivity contribution in [3.05, 3.63) is 11.6 Å². The molecule has 0 N–H and O–H groups in total. The largest absolute Gasteiger partial charge is 0.106 e. The highest BCUT2D eigenvalue weighted by Gasteiger charge is 2.00. The summed E-state index contributed by atoms with van der Waals surface area (Å²) in [6.07, 6.45) is 7.17. The van der Waals surface area contributed by atoms with Gasteiger partial charge in [0, 0.05) is 5.92 Å². The Morgan fingerprint density at radius 3 is 2.54 bits per heavy atom. The Hall–Kier alpha value is -0.700. The second kappa shape index (κ2) is 7.92. The maximum absolute atomic E-state index is 3.20. The fourth-order valence-corrected chi connectivity index (χ4v) is 1.41. The van der Waals surface area contributed by atoms with Crippen molar-refractivity contribution in [1.29, 1.82) is 0 Å². The third-order valence-corrected chi connectivity index (χ3v) is 2.13. The summed E-state index contributed by atoms with van der Waals surface area (Å²) in [5, 5.41) is 0. The Morgan fingerprint density at radius 2 is 2.08 bits per heavy atom. The number of unbranched alkanes of at least 4 members (excludes halogenated alkanes) is 1. The van der Waals surface area contributed by atoms with Crippen LogP contribution in [-0.2, 0) is 0 Å². The third kappa shape index (κ3) is 6.46. The number of allylic oxidation sites excluding steroid dienone is 2. The molecule has 0 heterocycles. The van der Waals surface area contributed by atoms with Gasteiger partial charge in [-0.25, -0.2) is 0 Å². The van der Waals surface area contributed by atoms with Gasteiger partial charge in [0.15, 0.2) is 0 Å². The Balaban J connectivity index is 4.01. The molecule has 0 spiro atoms. The molecule has 0 aromatic rings. The van der Waals surface area contributed by atoms with Crippen molar-refractivity contribution in [2.75, 3.05) is 0 Å². The molecular weight excluding hydrogens is 156 g/mol. The first-order chi connectivity index (χ1) is 6.24. The van der Waals surface area contributed by atoms with Gasteiger partial charge in [0.2, 0.25) is 0 Å². The molecular formula is C13H22. The van der Waals surface area contributed by atoms with Crippen LogP contribution in [0.3, 0.4) is 0 Å². The standard InChI is InChI=1S/C13H22/c1-5-8-10-13(7-3)11-12(4)9-6-2/h10,12H,5,7-8,11H2,1-4H3/b13-10+/t12-/m0/s1. The molecule has 74 valence electrons. The van der Waals surface area contributed by atoms with Crippen LogP contribution < -0.4 is 0 Å². The zero-order valence-electron chi connectivity index (χ0n) is 9.48. The van der Waals surface area contributed by atoms with E-state index in [1.807, 2.05) is 6.92 Å². The van der Waals surface area contributed by atoms with E-state index in [0.717, 1.165) is 6.42 Å². The van der Waals surface area contributed by atoms with E-state index >= 15 is 0 Å². The van der Waals surface area contributed by atoms with Gasteiger partial charge in [-0.15, -0.1) is 11.8 Å². The maximum atomic E-state index is 3.20. The zero-order chi connectivity index (χ0) is 10.1. The second-order valence-electron chi connectivity index (χ2n) is 3.50. The molecule has 1 atom stereocenters. The van der Waals surface area contributed by atoms with Gasteiger partial charge in [-0.3, -0.25) is 0 Å². The highest BCUT2D eigenvalue weighted by atomic mass is 14.0. The van der Waals surface area contributed by atoms with Gasteiger partial charge in [0.05, 0.1) is 0 Å². The van der Waals surface area contributed by atoms with Gasteiger partial charge in [-0.05, 0) is 26.2 Å². The van der Waals surface area contributed by atoms with Gasteiger partial charge in [0.25, 0.3) is 0 Å². The van der Waals surface area contributed by atoms with Crippen molar-refractivity contribution in [1.82, 2.24) is 0 Å². The Morgan fingerprint density at radius 1 is 1.38 bits per heavy atom. The van der Waals surface area contributed by atoms with Crippen LogP contribution in [0.2, 0.25) is 0 Å². The Labute approximate surface area is 83.4 Å². The van der Waals surface area contributed by atoms with E-state index in [-0.39, 0.29) is 0 Å². The van der Waals surface area contributed by atoms with Crippen LogP contribution >= 0.6 is 0 Å². The lowest BCUT2D eigenvalue weighted by Gasteiger charge is -2.06. The first-order valence-corrected chi connectivity index (χ1v) is 5.34. The molecule has 0 aliphatic heterocycles. The predicted molar refractivity (Wildman–Crippen MR) is 60.5 cm³/mol. The SMILES string of the molecule is CC#C[C@H](C)C/C(=C/CCC)CC. The Kier molecular flexibility index (Phi) is 7.50. The molecule has 0 nitrogen and oxygen atoms in total. The Bertz CT molecular complexity index is 200. The summed E-state index contributed by atoms with van der Waals surface area (Å²) in [6.45, 7) is 8.57. The van der Waals surface area contributed by atoms with Crippen LogP contribution in [0.15, 0.2) is 11.6 Å². The van der Waals surface area contributed by atoms with Crippen LogP contribution in [0, 0.1) is 17.8 Å². The molecule has 0 aliphatic carbocycles. The molecule has 0 aromatic heterocycles. The first kappa shape index (κ1) is 12.3. The molecule has 0 rings (SSSR count). The number of hydrogen-bond donors (Lipinski definition) is 0. The summed E-state index contributed by atoms with van der Waals surface area (Å²) in [5.74, 6) is 6.69. The average Bonchev–Trinajstić information content (AvgIpc) is 2.12. The van der Waals surface area contributed by atoms with Crippen molar-refractivity contribution >= 4 is 0 Å². The van der Waals surface area contributed by atoms with Crippen molar-refractivity contribution in [2.45, 2.75) is 53.4 Å². The van der Waals surface area contributed by atoms with E-state index in [4.69, 9.17) is 0 Å². The maximum Gasteiger partial charge on any atom is 0.0211 e. The summed E-state index contributed by atoms with van der Waals surface area (Å²) in [4.78, 5) is 0. The van der Waals surface area contributed by atoms with Gasteiger partial charge in [0.1, 0.15) is 0 Å². The predicted octanol–water partition coefficient (Wildman–Crippen LogP) is 4.17. The van der Waals surface area contributed by atoms with E-state index in [1.165, 1.54) is 19.3 Å². The quantitative estimate of drug-likeness (QED) is 0.438. The van der Waals surface area contributed by atoms with Gasteiger partial charge >= 0.3 is 0 Å². The third-order valence-electron chi connectivity index (χ3n) is 2.13. The minimum absolute atomic E-state index is 0.521. The fraction of sp³-hybridized carbons (Fsp3) is 0.692. The minimum atomic E-state index is 0.521. The molecule has 0 aliphatic rings. The van der Waals surface area contributed by atoms with Crippen LogP contribution in [0.5, 0.6) is 0 Å². The lowest BCUT2D eigenvalue weighted by molar-refractivity contribution is 0.715. The van der Waals surface area contributed by atoms with E-state index in [0.29, 0.717) is 5.92 Å². The molecule has 0 heteroatoms. The topological polar surface area (TPSA) is 0 Å². The van der Waals surface area contributed by atoms with Gasteiger partial charge in [-0.2, -0.15) is 0 Å². The summed E-state index contributed by atoms with van der Waals surface area (Å²) in [7, 11) is 0.